The summed E-state index contributed by atoms with van der Waals surface area (Å²) in [6.45, 7) is 0. The van der Waals surface area contributed by atoms with Gasteiger partial charge in [0.25, 0.3) is 0 Å². The molecule has 1 aliphatic rings. The minimum atomic E-state index is -3.11. The van der Waals surface area contributed by atoms with Crippen LogP contribution >= 0.6 is 0 Å². The first-order valence-electron chi connectivity index (χ1n) is 2.65. The molecule has 0 atom stereocenters. The van der Waals surface area contributed by atoms with Crippen LogP contribution in [0.1, 0.15) is 0 Å². The molecule has 0 saturated carbocycles. The Bertz CT molecular complexity index is 252. The van der Waals surface area contributed by atoms with Crippen LogP contribution in [-0.4, -0.2) is 14.3 Å². The lowest BCUT2D eigenvalue weighted by Gasteiger charge is -2.02. The van der Waals surface area contributed by atoms with Crippen LogP contribution in [0.25, 0.3) is 0 Å². The van der Waals surface area contributed by atoms with Gasteiger partial charge in [-0.3, -0.25) is 0 Å². The summed E-state index contributed by atoms with van der Waals surface area (Å²) in [5.41, 5.74) is 2.25. The van der Waals surface area contributed by atoms with Crippen molar-refractivity contribution in [2.24, 2.45) is 0 Å². The van der Waals surface area contributed by atoms with Gasteiger partial charge in [-0.1, -0.05) is 0 Å². The van der Waals surface area contributed by atoms with Gasteiger partial charge in [0.1, 0.15) is 12.1 Å². The minimum absolute atomic E-state index is 0.187. The average molecular weight is 161 g/mol. The molecule has 1 N–H and O–H groups in total. The quantitative estimate of drug-likeness (QED) is 0.540. The molecule has 0 spiro atoms. The zero-order chi connectivity index (χ0) is 7.45. The Hall–Kier alpha value is -0.810. The van der Waals surface area contributed by atoms with Gasteiger partial charge in [-0.25, -0.2) is 8.42 Å². The van der Waals surface area contributed by atoms with Crippen LogP contribution in [-0.2, 0) is 14.7 Å². The maximum Gasteiger partial charge on any atom is 0.187 e. The summed E-state index contributed by atoms with van der Waals surface area (Å²) in [7, 11) is -3.11. The molecule has 0 fully saturated rings. The summed E-state index contributed by atoms with van der Waals surface area (Å²) >= 11 is 0. The van der Waals surface area contributed by atoms with Gasteiger partial charge in [0, 0.05) is 5.41 Å². The molecular formula is C5H7NO3S. The summed E-state index contributed by atoms with van der Waals surface area (Å²) in [6.07, 6.45) is 4.27. The molecule has 0 unspecified atom stereocenters. The number of sulfone groups is 1. The molecule has 1 rings (SSSR count). The van der Waals surface area contributed by atoms with Crippen molar-refractivity contribution in [3.05, 3.63) is 23.8 Å². The number of nitrogens with one attached hydrogen (secondary N) is 1. The third-order valence-electron chi connectivity index (χ3n) is 0.887. The molecule has 0 radical (unpaired) electrons. The first kappa shape index (κ1) is 7.30. The smallest absolute Gasteiger partial charge is 0.187 e. The Morgan fingerprint density at radius 3 is 3.00 bits per heavy atom. The van der Waals surface area contributed by atoms with Crippen molar-refractivity contribution in [3.63, 3.8) is 0 Å². The van der Waals surface area contributed by atoms with Crippen LogP contribution < -0.4 is 5.48 Å². The molecule has 0 aromatic heterocycles. The molecule has 4 nitrogen and oxygen atoms in total. The van der Waals surface area contributed by atoms with E-state index in [-0.39, 0.29) is 5.88 Å². The molecule has 1 aliphatic heterocycles. The van der Waals surface area contributed by atoms with Crippen LogP contribution in [0.5, 0.6) is 0 Å². The molecule has 1 heterocycles. The number of hydrogen-bond acceptors (Lipinski definition) is 4. The summed E-state index contributed by atoms with van der Waals surface area (Å²) in [5.74, 6) is -0.187. The zero-order valence-electron chi connectivity index (χ0n) is 5.15. The van der Waals surface area contributed by atoms with Gasteiger partial charge in [-0.15, -0.1) is 5.48 Å². The standard InChI is InChI=1S/C5H7NO3S/c7-10(8)4-2-1-3-9-6-5-10/h1-4,6H,5H2/b3-1-,4-2-. The van der Waals surface area contributed by atoms with Crippen LogP contribution in [0.2, 0.25) is 0 Å². The van der Waals surface area contributed by atoms with Crippen molar-refractivity contribution in [1.29, 1.82) is 0 Å². The monoisotopic (exact) mass is 161 g/mol. The molecule has 0 aromatic carbocycles. The van der Waals surface area contributed by atoms with Crippen molar-refractivity contribution in [2.75, 3.05) is 5.88 Å². The Morgan fingerprint density at radius 2 is 2.20 bits per heavy atom. The van der Waals surface area contributed by atoms with Gasteiger partial charge >= 0.3 is 0 Å². The highest BCUT2D eigenvalue weighted by Crippen LogP contribution is 1.93. The predicted octanol–water partition coefficient (Wildman–Crippen LogP) is -0.0791. The topological polar surface area (TPSA) is 55.4 Å². The summed E-state index contributed by atoms with van der Waals surface area (Å²) < 4.78 is 21.5. The summed E-state index contributed by atoms with van der Waals surface area (Å²) in [5, 5.41) is 1.12. The third-order valence-corrected chi connectivity index (χ3v) is 1.98. The van der Waals surface area contributed by atoms with E-state index in [0.717, 1.165) is 5.41 Å². The van der Waals surface area contributed by atoms with Gasteiger partial charge in [0.05, 0.1) is 0 Å². The molecule has 56 valence electrons. The van der Waals surface area contributed by atoms with E-state index in [1.165, 1.54) is 18.4 Å². The minimum Gasteiger partial charge on any atom is -0.416 e. The lowest BCUT2D eigenvalue weighted by Crippen LogP contribution is -2.20. The highest BCUT2D eigenvalue weighted by atomic mass is 32.2. The number of hydrogen-bond donors (Lipinski definition) is 1. The fraction of sp³-hybridized carbons (Fsp3) is 0.200. The lowest BCUT2D eigenvalue weighted by atomic mass is 10.6. The normalized spacial score (nSPS) is 29.2. The van der Waals surface area contributed by atoms with E-state index in [1.54, 1.807) is 0 Å². The third kappa shape index (κ3) is 2.20. The second-order valence-electron chi connectivity index (χ2n) is 1.73. The Labute approximate surface area is 59.1 Å². The van der Waals surface area contributed by atoms with Crippen molar-refractivity contribution in [2.45, 2.75) is 0 Å². The Kier molecular flexibility index (Phi) is 2.08. The number of allylic oxidation sites excluding steroid dienone is 2. The second kappa shape index (κ2) is 2.85. The van der Waals surface area contributed by atoms with Gasteiger partial charge in [-0.2, -0.15) is 0 Å². The van der Waals surface area contributed by atoms with E-state index in [9.17, 15) is 8.42 Å². The van der Waals surface area contributed by atoms with E-state index in [2.05, 4.69) is 10.3 Å². The average Bonchev–Trinajstić information content (AvgIpc) is 1.81. The van der Waals surface area contributed by atoms with Gasteiger partial charge in [0.2, 0.25) is 0 Å². The highest BCUT2D eigenvalue weighted by Gasteiger charge is 2.04. The van der Waals surface area contributed by atoms with Crippen LogP contribution in [0, 0.1) is 0 Å². The molecule has 0 aliphatic carbocycles. The number of rotatable bonds is 0. The van der Waals surface area contributed by atoms with Crippen LogP contribution in [0.15, 0.2) is 23.8 Å². The van der Waals surface area contributed by atoms with E-state index in [1.807, 2.05) is 0 Å². The SMILES string of the molecule is O=S1(=O)/C=C\C=C/ONC1. The largest absolute Gasteiger partial charge is 0.416 e. The van der Waals surface area contributed by atoms with Crippen molar-refractivity contribution < 1.29 is 13.3 Å². The molecule has 10 heavy (non-hydrogen) atoms. The fourth-order valence-corrected chi connectivity index (χ4v) is 1.12. The predicted molar refractivity (Wildman–Crippen MR) is 36.3 cm³/mol. The first-order valence-corrected chi connectivity index (χ1v) is 4.37. The van der Waals surface area contributed by atoms with E-state index in [0.29, 0.717) is 0 Å². The van der Waals surface area contributed by atoms with Crippen LogP contribution in [0.3, 0.4) is 0 Å². The molecule has 0 aromatic rings. The number of hydroxylamine groups is 1. The van der Waals surface area contributed by atoms with Gasteiger partial charge in [-0.05, 0) is 12.2 Å². The van der Waals surface area contributed by atoms with E-state index >= 15 is 0 Å². The van der Waals surface area contributed by atoms with Gasteiger partial charge in [0.15, 0.2) is 9.84 Å². The molecule has 0 saturated heterocycles. The summed E-state index contributed by atoms with van der Waals surface area (Å²) in [4.78, 5) is 4.55. The van der Waals surface area contributed by atoms with Crippen molar-refractivity contribution >= 4 is 9.84 Å². The fourth-order valence-electron chi connectivity index (χ4n) is 0.462. The maximum atomic E-state index is 10.8. The second-order valence-corrected chi connectivity index (χ2v) is 3.61. The first-order chi connectivity index (χ1) is 4.71. The molecule has 0 amide bonds. The molecular weight excluding hydrogens is 154 g/mol. The maximum absolute atomic E-state index is 10.8. The summed E-state index contributed by atoms with van der Waals surface area (Å²) in [6, 6.07) is 0. The highest BCUT2D eigenvalue weighted by molar-refractivity contribution is 7.94. The van der Waals surface area contributed by atoms with E-state index < -0.39 is 9.84 Å². The lowest BCUT2D eigenvalue weighted by molar-refractivity contribution is 0.151. The molecule has 5 heteroatoms. The van der Waals surface area contributed by atoms with Crippen molar-refractivity contribution in [3.8, 4) is 0 Å². The van der Waals surface area contributed by atoms with Crippen molar-refractivity contribution in [1.82, 2.24) is 5.48 Å². The Morgan fingerprint density at radius 1 is 1.40 bits per heavy atom. The van der Waals surface area contributed by atoms with Gasteiger partial charge < -0.3 is 4.84 Å². The zero-order valence-corrected chi connectivity index (χ0v) is 5.97. The molecule has 0 bridgehead atoms. The van der Waals surface area contributed by atoms with E-state index in [4.69, 9.17) is 0 Å². The van der Waals surface area contributed by atoms with Crippen LogP contribution in [0.4, 0.5) is 0 Å². The Balaban J connectivity index is 2.81.